The Morgan fingerprint density at radius 2 is 2.00 bits per heavy atom. The van der Waals surface area contributed by atoms with Crippen LogP contribution in [0.2, 0.25) is 0 Å². The van der Waals surface area contributed by atoms with Crippen molar-refractivity contribution in [1.82, 2.24) is 0 Å². The van der Waals surface area contributed by atoms with E-state index in [4.69, 9.17) is 5.11 Å². The lowest BCUT2D eigenvalue weighted by atomic mass is 10.0. The first kappa shape index (κ1) is 13.0. The van der Waals surface area contributed by atoms with Gasteiger partial charge in [0.15, 0.2) is 0 Å². The molecule has 1 aromatic rings. The average Bonchev–Trinajstić information content (AvgIpc) is 2.29. The van der Waals surface area contributed by atoms with Gasteiger partial charge < -0.3 is 15.3 Å². The Morgan fingerprint density at radius 1 is 1.31 bits per heavy atom. The van der Waals surface area contributed by atoms with E-state index in [1.54, 1.807) is 24.3 Å². The van der Waals surface area contributed by atoms with Gasteiger partial charge >= 0.3 is 0 Å². The summed E-state index contributed by atoms with van der Waals surface area (Å²) in [6.07, 6.45) is -2.00. The van der Waals surface area contributed by atoms with Gasteiger partial charge in [0.2, 0.25) is 0 Å². The summed E-state index contributed by atoms with van der Waals surface area (Å²) in [6.45, 7) is -0.184. The van der Waals surface area contributed by atoms with E-state index in [2.05, 4.69) is 22.4 Å². The van der Waals surface area contributed by atoms with Gasteiger partial charge in [-0.3, -0.25) is 0 Å². The Morgan fingerprint density at radius 3 is 2.62 bits per heavy atom. The topological polar surface area (TPSA) is 73.0 Å². The Hall–Kier alpha value is -1.10. The van der Waals surface area contributed by atoms with Crippen LogP contribution in [0.25, 0.3) is 0 Å². The highest BCUT2D eigenvalue weighted by atomic mass is 32.1. The molecule has 0 radical (unpaired) electrons. The minimum Gasteiger partial charge on any atom is -0.396 e. The molecule has 0 aliphatic heterocycles. The minimum absolute atomic E-state index is 0.108. The molecule has 1 aromatic carbocycles. The zero-order chi connectivity index (χ0) is 12.0. The van der Waals surface area contributed by atoms with Crippen molar-refractivity contribution in [3.63, 3.8) is 0 Å². The predicted octanol–water partition coefficient (Wildman–Crippen LogP) is 1.20. The van der Waals surface area contributed by atoms with Crippen LogP contribution in [-0.4, -0.2) is 33.2 Å². The molecule has 0 aliphatic rings. The van der Waals surface area contributed by atoms with Crippen LogP contribution in [0, 0.1) is 0 Å². The quantitative estimate of drug-likeness (QED) is 0.533. The number of aliphatic hydroxyl groups excluding tert-OH is 3. The Bertz CT molecular complexity index is 391. The molecule has 2 unspecified atom stereocenters. The van der Waals surface area contributed by atoms with Gasteiger partial charge in [0.1, 0.15) is 6.10 Å². The van der Waals surface area contributed by atoms with Crippen molar-refractivity contribution in [2.75, 3.05) is 6.61 Å². The fourth-order valence-electron chi connectivity index (χ4n) is 1.39. The van der Waals surface area contributed by atoms with Crippen LogP contribution in [0.3, 0.4) is 0 Å². The van der Waals surface area contributed by atoms with Gasteiger partial charge in [-0.05, 0) is 24.7 Å². The molecule has 0 bridgehead atoms. The smallest absolute Gasteiger partial charge is 0.107 e. The molecule has 2 atom stereocenters. The summed E-state index contributed by atoms with van der Waals surface area (Å²) in [5.74, 6) is 0. The number of thiocarbonyl (C=S) groups is 1. The molecule has 0 saturated carbocycles. The highest BCUT2D eigenvalue weighted by molar-refractivity contribution is 7.78. The fraction of sp³-hybridized carbons (Fsp3) is 0.364. The van der Waals surface area contributed by atoms with E-state index in [0.717, 1.165) is 0 Å². The number of para-hydroxylation sites is 1. The zero-order valence-electron chi connectivity index (χ0n) is 8.58. The van der Waals surface area contributed by atoms with E-state index in [9.17, 15) is 10.2 Å². The summed E-state index contributed by atoms with van der Waals surface area (Å²) >= 11 is 4.50. The SMILES string of the molecule is OCCC(O)C(O)c1ccccc1N=C=S. The largest absolute Gasteiger partial charge is 0.396 e. The summed E-state index contributed by atoms with van der Waals surface area (Å²) in [4.78, 5) is 3.80. The third kappa shape index (κ3) is 3.20. The maximum atomic E-state index is 9.84. The zero-order valence-corrected chi connectivity index (χ0v) is 9.39. The summed E-state index contributed by atoms with van der Waals surface area (Å²) in [7, 11) is 0. The summed E-state index contributed by atoms with van der Waals surface area (Å²) in [6, 6.07) is 6.80. The number of nitrogens with zero attached hydrogens (tertiary/aromatic N) is 1. The van der Waals surface area contributed by atoms with Gasteiger partial charge in [-0.2, -0.15) is 4.99 Å². The third-order valence-corrected chi connectivity index (χ3v) is 2.30. The first-order chi connectivity index (χ1) is 7.70. The van der Waals surface area contributed by atoms with Crippen molar-refractivity contribution in [1.29, 1.82) is 0 Å². The number of aliphatic hydroxyl groups is 3. The molecular formula is C11H13NO3S. The van der Waals surface area contributed by atoms with Crippen LogP contribution in [0.5, 0.6) is 0 Å². The lowest BCUT2D eigenvalue weighted by Gasteiger charge is -2.18. The number of isothiocyanates is 1. The molecule has 4 nitrogen and oxygen atoms in total. The highest BCUT2D eigenvalue weighted by Crippen LogP contribution is 2.28. The van der Waals surface area contributed by atoms with Crippen LogP contribution in [0.1, 0.15) is 18.1 Å². The first-order valence-corrected chi connectivity index (χ1v) is 5.25. The normalized spacial score (nSPS) is 13.9. The van der Waals surface area contributed by atoms with Gasteiger partial charge in [0.05, 0.1) is 17.0 Å². The molecular weight excluding hydrogens is 226 g/mol. The third-order valence-electron chi connectivity index (χ3n) is 2.21. The van der Waals surface area contributed by atoms with Crippen LogP contribution in [-0.2, 0) is 0 Å². The van der Waals surface area contributed by atoms with E-state index in [0.29, 0.717) is 11.3 Å². The summed E-state index contributed by atoms with van der Waals surface area (Å²) < 4.78 is 0. The molecule has 0 amide bonds. The maximum Gasteiger partial charge on any atom is 0.107 e. The second kappa shape index (κ2) is 6.48. The van der Waals surface area contributed by atoms with Crippen molar-refractivity contribution >= 4 is 23.1 Å². The molecule has 16 heavy (non-hydrogen) atoms. The van der Waals surface area contributed by atoms with E-state index >= 15 is 0 Å². The molecule has 0 aromatic heterocycles. The minimum atomic E-state index is -1.09. The second-order valence-electron chi connectivity index (χ2n) is 3.29. The highest BCUT2D eigenvalue weighted by Gasteiger charge is 2.20. The van der Waals surface area contributed by atoms with Crippen molar-refractivity contribution in [3.05, 3.63) is 29.8 Å². The van der Waals surface area contributed by atoms with E-state index in [1.807, 2.05) is 0 Å². The van der Waals surface area contributed by atoms with Gasteiger partial charge in [-0.25, -0.2) is 0 Å². The lowest BCUT2D eigenvalue weighted by molar-refractivity contribution is 0.00453. The van der Waals surface area contributed by atoms with Gasteiger partial charge in [0, 0.05) is 12.2 Å². The van der Waals surface area contributed by atoms with Crippen molar-refractivity contribution < 1.29 is 15.3 Å². The first-order valence-electron chi connectivity index (χ1n) is 4.84. The fourth-order valence-corrected chi connectivity index (χ4v) is 1.48. The molecule has 5 heteroatoms. The van der Waals surface area contributed by atoms with Crippen LogP contribution >= 0.6 is 12.2 Å². The standard InChI is InChI=1S/C11H13NO3S/c13-6-5-10(14)11(15)8-3-1-2-4-9(8)12-7-16/h1-4,10-11,13-15H,5-6H2. The van der Waals surface area contributed by atoms with Crippen LogP contribution < -0.4 is 0 Å². The van der Waals surface area contributed by atoms with Gasteiger partial charge in [-0.15, -0.1) is 0 Å². The Balaban J connectivity index is 2.97. The molecule has 1 rings (SSSR count). The number of benzene rings is 1. The second-order valence-corrected chi connectivity index (χ2v) is 3.47. The van der Waals surface area contributed by atoms with Gasteiger partial charge in [0.25, 0.3) is 0 Å². The lowest BCUT2D eigenvalue weighted by Crippen LogP contribution is -2.19. The van der Waals surface area contributed by atoms with Crippen LogP contribution in [0.4, 0.5) is 5.69 Å². The van der Waals surface area contributed by atoms with E-state index < -0.39 is 12.2 Å². The molecule has 86 valence electrons. The number of rotatable bonds is 5. The molecule has 0 aliphatic carbocycles. The van der Waals surface area contributed by atoms with Crippen molar-refractivity contribution in [2.24, 2.45) is 4.99 Å². The Labute approximate surface area is 98.9 Å². The summed E-state index contributed by atoms with van der Waals surface area (Å²) in [5, 5.41) is 30.3. The summed E-state index contributed by atoms with van der Waals surface area (Å²) in [5.41, 5.74) is 0.947. The monoisotopic (exact) mass is 239 g/mol. The van der Waals surface area contributed by atoms with Crippen molar-refractivity contribution in [2.45, 2.75) is 18.6 Å². The molecule has 3 N–H and O–H groups in total. The number of hydrogen-bond acceptors (Lipinski definition) is 5. The van der Waals surface area contributed by atoms with Crippen molar-refractivity contribution in [3.8, 4) is 0 Å². The number of hydrogen-bond donors (Lipinski definition) is 3. The number of aliphatic imine (C=N–C) groups is 1. The van der Waals surface area contributed by atoms with E-state index in [-0.39, 0.29) is 13.0 Å². The maximum absolute atomic E-state index is 9.84. The molecule has 0 heterocycles. The van der Waals surface area contributed by atoms with E-state index in [1.165, 1.54) is 0 Å². The Kier molecular flexibility index (Phi) is 5.25. The predicted molar refractivity (Wildman–Crippen MR) is 63.8 cm³/mol. The molecule has 0 spiro atoms. The van der Waals surface area contributed by atoms with Crippen LogP contribution in [0.15, 0.2) is 29.3 Å². The average molecular weight is 239 g/mol. The molecule has 0 saturated heterocycles. The van der Waals surface area contributed by atoms with Gasteiger partial charge in [-0.1, -0.05) is 18.2 Å². The molecule has 0 fully saturated rings.